The van der Waals surface area contributed by atoms with Crippen molar-refractivity contribution in [2.75, 3.05) is 0 Å². The zero-order chi connectivity index (χ0) is 8.97. The summed E-state index contributed by atoms with van der Waals surface area (Å²) in [5, 5.41) is 0. The third kappa shape index (κ3) is 1.94. The average molecular weight is 162 g/mol. The van der Waals surface area contributed by atoms with Crippen LogP contribution in [0.5, 0.6) is 0 Å². The Morgan fingerprint density at radius 1 is 1.33 bits per heavy atom. The fourth-order valence-electron chi connectivity index (χ4n) is 1.36. The zero-order valence-corrected chi connectivity index (χ0v) is 7.53. The summed E-state index contributed by atoms with van der Waals surface area (Å²) >= 11 is 0. The second-order valence-corrected chi connectivity index (χ2v) is 3.32. The molecule has 0 amide bonds. The molecule has 0 radical (unpaired) electrons. The molecule has 0 heterocycles. The molecule has 1 rings (SSSR count). The first kappa shape index (κ1) is 8.98. The van der Waals surface area contributed by atoms with Crippen molar-refractivity contribution in [2.24, 2.45) is 11.8 Å². The lowest BCUT2D eigenvalue weighted by Gasteiger charge is -2.15. The fourth-order valence-corrected chi connectivity index (χ4v) is 1.36. The molecule has 0 aromatic rings. The van der Waals surface area contributed by atoms with Crippen molar-refractivity contribution in [3.63, 3.8) is 0 Å². The Kier molecular flexibility index (Phi) is 3.03. The molecule has 12 heavy (non-hydrogen) atoms. The third-order valence-corrected chi connectivity index (χ3v) is 2.07. The summed E-state index contributed by atoms with van der Waals surface area (Å²) in [6.07, 6.45) is 10.8. The number of carbonyl (C=O) groups is 1. The highest BCUT2D eigenvalue weighted by Gasteiger charge is 2.14. The summed E-state index contributed by atoms with van der Waals surface area (Å²) in [4.78, 5) is 10.7. The fraction of sp³-hybridized carbons (Fsp3) is 0.364. The molecular weight excluding hydrogens is 148 g/mol. The predicted octanol–water partition coefficient (Wildman–Crippen LogP) is 2.51. The van der Waals surface area contributed by atoms with Crippen LogP contribution in [0, 0.1) is 11.8 Å². The molecule has 1 aliphatic carbocycles. The van der Waals surface area contributed by atoms with Crippen LogP contribution in [0.4, 0.5) is 0 Å². The molecular formula is C11H14O. The number of hydrogen-bond donors (Lipinski definition) is 0. The van der Waals surface area contributed by atoms with Gasteiger partial charge in [-0.05, 0) is 11.5 Å². The minimum atomic E-state index is 0.275. The van der Waals surface area contributed by atoms with E-state index >= 15 is 0 Å². The average Bonchev–Trinajstić information content (AvgIpc) is 2.27. The normalized spacial score (nSPS) is 22.2. The maximum Gasteiger partial charge on any atom is 0.146 e. The number of carbonyl (C=O) groups excluding carboxylic acids is 1. The van der Waals surface area contributed by atoms with Gasteiger partial charge < -0.3 is 0 Å². The van der Waals surface area contributed by atoms with Crippen LogP contribution in [0.25, 0.3) is 0 Å². The van der Waals surface area contributed by atoms with Gasteiger partial charge in [-0.15, -0.1) is 0 Å². The lowest BCUT2D eigenvalue weighted by Crippen LogP contribution is -2.09. The van der Waals surface area contributed by atoms with Crippen molar-refractivity contribution in [1.29, 1.82) is 0 Å². The molecule has 64 valence electrons. The van der Waals surface area contributed by atoms with Gasteiger partial charge in [0.15, 0.2) is 0 Å². The molecule has 1 unspecified atom stereocenters. The van der Waals surface area contributed by atoms with Gasteiger partial charge >= 0.3 is 0 Å². The van der Waals surface area contributed by atoms with Gasteiger partial charge in [0.2, 0.25) is 0 Å². The van der Waals surface area contributed by atoms with E-state index in [1.165, 1.54) is 0 Å². The van der Waals surface area contributed by atoms with Crippen LogP contribution in [0.3, 0.4) is 0 Å². The van der Waals surface area contributed by atoms with Crippen LogP contribution >= 0.6 is 0 Å². The van der Waals surface area contributed by atoms with Crippen LogP contribution in [-0.4, -0.2) is 6.29 Å². The number of rotatable bonds is 2. The molecule has 0 N–H and O–H groups in total. The van der Waals surface area contributed by atoms with E-state index < -0.39 is 0 Å². The largest absolute Gasteiger partial charge is 0.298 e. The minimum absolute atomic E-state index is 0.275. The Morgan fingerprint density at radius 2 is 2.08 bits per heavy atom. The second-order valence-electron chi connectivity index (χ2n) is 3.32. The van der Waals surface area contributed by atoms with E-state index in [0.717, 1.165) is 11.9 Å². The van der Waals surface area contributed by atoms with Crippen molar-refractivity contribution in [3.8, 4) is 0 Å². The monoisotopic (exact) mass is 162 g/mol. The molecule has 0 spiro atoms. The summed E-state index contributed by atoms with van der Waals surface area (Å²) in [7, 11) is 0. The summed E-state index contributed by atoms with van der Waals surface area (Å²) in [5.41, 5.74) is 0.870. The van der Waals surface area contributed by atoms with Crippen molar-refractivity contribution in [2.45, 2.75) is 13.8 Å². The first-order valence-electron chi connectivity index (χ1n) is 4.26. The molecule has 0 bridgehead atoms. The molecule has 0 fully saturated rings. The Hall–Kier alpha value is -1.11. The summed E-state index contributed by atoms with van der Waals surface area (Å²) in [5.74, 6) is 0.759. The molecule has 0 saturated heterocycles. The summed E-state index contributed by atoms with van der Waals surface area (Å²) in [6.45, 7) is 4.25. The van der Waals surface area contributed by atoms with Gasteiger partial charge in [-0.2, -0.15) is 0 Å². The van der Waals surface area contributed by atoms with Crippen molar-refractivity contribution in [1.82, 2.24) is 0 Å². The van der Waals surface area contributed by atoms with Crippen LogP contribution in [0.15, 0.2) is 36.0 Å². The quantitative estimate of drug-likeness (QED) is 0.570. The first-order valence-corrected chi connectivity index (χ1v) is 4.26. The predicted molar refractivity (Wildman–Crippen MR) is 50.8 cm³/mol. The van der Waals surface area contributed by atoms with E-state index in [-0.39, 0.29) is 5.92 Å². The van der Waals surface area contributed by atoms with E-state index in [1.807, 2.05) is 24.3 Å². The van der Waals surface area contributed by atoms with Gasteiger partial charge in [-0.1, -0.05) is 44.2 Å². The third-order valence-electron chi connectivity index (χ3n) is 2.07. The van der Waals surface area contributed by atoms with Gasteiger partial charge in [0.1, 0.15) is 6.29 Å². The van der Waals surface area contributed by atoms with Crippen molar-refractivity contribution < 1.29 is 4.79 Å². The summed E-state index contributed by atoms with van der Waals surface area (Å²) < 4.78 is 0. The second kappa shape index (κ2) is 4.05. The van der Waals surface area contributed by atoms with E-state index in [2.05, 4.69) is 19.9 Å². The Balaban J connectivity index is 2.90. The lowest BCUT2D eigenvalue weighted by molar-refractivity contribution is -0.105. The molecule has 1 nitrogen and oxygen atoms in total. The Morgan fingerprint density at radius 3 is 2.67 bits per heavy atom. The Labute approximate surface area is 73.5 Å². The number of aldehydes is 1. The molecule has 1 heteroatoms. The first-order chi connectivity index (χ1) is 5.75. The van der Waals surface area contributed by atoms with Crippen LogP contribution in [-0.2, 0) is 4.79 Å². The zero-order valence-electron chi connectivity index (χ0n) is 7.53. The van der Waals surface area contributed by atoms with Crippen LogP contribution in [0.1, 0.15) is 13.8 Å². The van der Waals surface area contributed by atoms with Gasteiger partial charge in [0.25, 0.3) is 0 Å². The maximum atomic E-state index is 10.7. The van der Waals surface area contributed by atoms with Crippen molar-refractivity contribution in [3.05, 3.63) is 36.0 Å². The molecule has 1 atom stereocenters. The summed E-state index contributed by atoms with van der Waals surface area (Å²) in [6, 6.07) is 0. The number of allylic oxidation sites excluding steroid dienone is 6. The van der Waals surface area contributed by atoms with Gasteiger partial charge in [-0.25, -0.2) is 0 Å². The topological polar surface area (TPSA) is 17.1 Å². The molecule has 0 aromatic carbocycles. The van der Waals surface area contributed by atoms with Gasteiger partial charge in [-0.3, -0.25) is 4.79 Å². The van der Waals surface area contributed by atoms with E-state index in [0.29, 0.717) is 5.92 Å². The Bertz CT molecular complexity index is 244. The van der Waals surface area contributed by atoms with E-state index in [4.69, 9.17) is 0 Å². The highest BCUT2D eigenvalue weighted by Crippen LogP contribution is 2.22. The maximum absolute atomic E-state index is 10.7. The van der Waals surface area contributed by atoms with Crippen molar-refractivity contribution >= 4 is 6.29 Å². The van der Waals surface area contributed by atoms with E-state index in [9.17, 15) is 4.79 Å². The van der Waals surface area contributed by atoms with E-state index in [1.54, 1.807) is 0 Å². The number of hydrogen-bond acceptors (Lipinski definition) is 1. The smallest absolute Gasteiger partial charge is 0.146 e. The van der Waals surface area contributed by atoms with Crippen LogP contribution < -0.4 is 0 Å². The lowest BCUT2D eigenvalue weighted by atomic mass is 9.89. The highest BCUT2D eigenvalue weighted by molar-refractivity contribution is 5.75. The highest BCUT2D eigenvalue weighted by atomic mass is 16.1. The SMILES string of the molecule is CC(C)C1C=CC=CC=C1C=O. The minimum Gasteiger partial charge on any atom is -0.298 e. The molecule has 0 aliphatic heterocycles. The van der Waals surface area contributed by atoms with Gasteiger partial charge in [0, 0.05) is 5.92 Å². The standard InChI is InChI=1S/C11H14O/c1-9(2)11-7-5-3-4-6-10(11)8-12/h3-9,11H,1-2H3. The van der Waals surface area contributed by atoms with Crippen LogP contribution in [0.2, 0.25) is 0 Å². The van der Waals surface area contributed by atoms with Gasteiger partial charge in [0.05, 0.1) is 0 Å². The molecule has 1 aliphatic rings. The molecule has 0 aromatic heterocycles. The molecule has 0 saturated carbocycles.